The highest BCUT2D eigenvalue weighted by molar-refractivity contribution is 6.37. The van der Waals surface area contributed by atoms with E-state index in [-0.39, 0.29) is 18.2 Å². The average molecular weight is 303 g/mol. The predicted molar refractivity (Wildman–Crippen MR) is 67.3 cm³/mol. The monoisotopic (exact) mass is 301 g/mol. The highest BCUT2D eigenvalue weighted by Gasteiger charge is 2.26. The van der Waals surface area contributed by atoms with Crippen LogP contribution in [0.3, 0.4) is 0 Å². The maximum Gasteiger partial charge on any atom is 0.295 e. The second-order valence-corrected chi connectivity index (χ2v) is 4.32. The molecule has 0 radical (unpaired) electrons. The Morgan fingerprint density at radius 2 is 1.67 bits per heavy atom. The number of rotatable bonds is 3. The van der Waals surface area contributed by atoms with Gasteiger partial charge in [0.25, 0.3) is 5.50 Å². The molecule has 0 amide bonds. The van der Waals surface area contributed by atoms with Crippen molar-refractivity contribution in [1.82, 2.24) is 0 Å². The molecule has 18 heavy (non-hydrogen) atoms. The minimum absolute atomic E-state index is 0. The fraction of sp³-hybridized carbons (Fsp3) is 0.0769. The van der Waals surface area contributed by atoms with Gasteiger partial charge in [-0.25, -0.2) is 0 Å². The topological polar surface area (TPSA) is 20.9 Å². The first-order chi connectivity index (χ1) is 8.20. The number of pyridine rings is 1. The number of alkyl halides is 1. The zero-order valence-electron chi connectivity index (χ0n) is 9.26. The summed E-state index contributed by atoms with van der Waals surface area (Å²) in [6.07, 6.45) is 3.48. The van der Waals surface area contributed by atoms with Gasteiger partial charge in [-0.2, -0.15) is 4.57 Å². The van der Waals surface area contributed by atoms with Gasteiger partial charge in [-0.1, -0.05) is 29.8 Å². The lowest BCUT2D eigenvalue weighted by Crippen LogP contribution is -3.00. The van der Waals surface area contributed by atoms with Gasteiger partial charge < -0.3 is 12.4 Å². The Balaban J connectivity index is 0.00000162. The van der Waals surface area contributed by atoms with E-state index in [0.29, 0.717) is 10.6 Å². The molecule has 2 nitrogen and oxygen atoms in total. The van der Waals surface area contributed by atoms with Gasteiger partial charge in [0.2, 0.25) is 5.78 Å². The first-order valence-electron chi connectivity index (χ1n) is 5.09. The second-order valence-electron chi connectivity index (χ2n) is 3.50. The molecule has 5 heteroatoms. The molecule has 1 aromatic heterocycles. The van der Waals surface area contributed by atoms with Gasteiger partial charge in [-0.3, -0.25) is 4.79 Å². The van der Waals surface area contributed by atoms with Crippen LogP contribution in [-0.4, -0.2) is 5.78 Å². The van der Waals surface area contributed by atoms with Crippen LogP contribution in [-0.2, 0) is 0 Å². The molecule has 2 aromatic rings. The number of halogens is 3. The summed E-state index contributed by atoms with van der Waals surface area (Å²) in [5.41, 5.74) is -0.346. The van der Waals surface area contributed by atoms with E-state index in [2.05, 4.69) is 0 Å². The van der Waals surface area contributed by atoms with E-state index in [9.17, 15) is 4.79 Å². The minimum Gasteiger partial charge on any atom is -1.00 e. The Labute approximate surface area is 122 Å². The summed E-state index contributed by atoms with van der Waals surface area (Å²) in [5.74, 6) is -0.214. The first kappa shape index (κ1) is 15.0. The smallest absolute Gasteiger partial charge is 0.295 e. The number of hydrogen-bond donors (Lipinski definition) is 0. The van der Waals surface area contributed by atoms with Gasteiger partial charge in [0.05, 0.1) is 5.02 Å². The van der Waals surface area contributed by atoms with Crippen LogP contribution in [0.1, 0.15) is 15.9 Å². The van der Waals surface area contributed by atoms with E-state index in [4.69, 9.17) is 23.2 Å². The van der Waals surface area contributed by atoms with E-state index >= 15 is 0 Å². The Morgan fingerprint density at radius 3 is 2.28 bits per heavy atom. The molecule has 0 fully saturated rings. The third-order valence-electron chi connectivity index (χ3n) is 2.36. The standard InChI is InChI=1S/C13H10Cl2NO.ClH/c14-11-7-3-2-6-10(11)12(17)13(15)16-8-4-1-5-9-16;/h1-9,13H;1H/q+1;/p-1. The van der Waals surface area contributed by atoms with Crippen molar-refractivity contribution in [3.63, 3.8) is 0 Å². The molecule has 0 aliphatic rings. The van der Waals surface area contributed by atoms with Crippen LogP contribution >= 0.6 is 23.2 Å². The molecule has 0 aliphatic heterocycles. The predicted octanol–water partition coefficient (Wildman–Crippen LogP) is 0.252. The molecular weight excluding hydrogens is 293 g/mol. The normalized spacial score (nSPS) is 11.4. The Bertz CT molecular complexity index is 531. The van der Waals surface area contributed by atoms with Crippen molar-refractivity contribution >= 4 is 29.0 Å². The molecule has 0 N–H and O–H groups in total. The molecule has 1 unspecified atom stereocenters. The van der Waals surface area contributed by atoms with Crippen molar-refractivity contribution < 1.29 is 21.8 Å². The summed E-state index contributed by atoms with van der Waals surface area (Å²) < 4.78 is 1.63. The SMILES string of the molecule is O=C(c1ccccc1Cl)C(Cl)[n+]1ccccc1.[Cl-]. The number of carbonyl (C=O) groups is 1. The van der Waals surface area contributed by atoms with Crippen molar-refractivity contribution in [3.8, 4) is 0 Å². The lowest BCUT2D eigenvalue weighted by atomic mass is 10.1. The fourth-order valence-corrected chi connectivity index (χ4v) is 1.96. The summed E-state index contributed by atoms with van der Waals surface area (Å²) in [6, 6.07) is 12.4. The van der Waals surface area contributed by atoms with Gasteiger partial charge >= 0.3 is 0 Å². The summed E-state index contributed by atoms with van der Waals surface area (Å²) in [4.78, 5) is 12.1. The van der Waals surface area contributed by atoms with Crippen LogP contribution in [0.5, 0.6) is 0 Å². The Hall–Kier alpha value is -1.09. The molecule has 0 bridgehead atoms. The van der Waals surface area contributed by atoms with Crippen LogP contribution in [0, 0.1) is 0 Å². The van der Waals surface area contributed by atoms with Gasteiger partial charge in [0.15, 0.2) is 12.4 Å². The first-order valence-corrected chi connectivity index (χ1v) is 5.90. The van der Waals surface area contributed by atoms with Crippen LogP contribution in [0.2, 0.25) is 5.02 Å². The van der Waals surface area contributed by atoms with E-state index < -0.39 is 5.50 Å². The lowest BCUT2D eigenvalue weighted by molar-refractivity contribution is -0.688. The minimum atomic E-state index is -0.781. The van der Waals surface area contributed by atoms with Crippen molar-refractivity contribution in [2.24, 2.45) is 0 Å². The third kappa shape index (κ3) is 3.22. The van der Waals surface area contributed by atoms with Crippen LogP contribution in [0.25, 0.3) is 0 Å². The maximum atomic E-state index is 12.1. The summed E-state index contributed by atoms with van der Waals surface area (Å²) in [6.45, 7) is 0. The van der Waals surface area contributed by atoms with E-state index in [1.807, 2.05) is 18.2 Å². The molecule has 0 saturated carbocycles. The molecule has 0 spiro atoms. The number of Topliss-reactive ketones (excluding diaryl/α,β-unsaturated/α-hetero) is 1. The number of carbonyl (C=O) groups excluding carboxylic acids is 1. The maximum absolute atomic E-state index is 12.1. The number of aromatic nitrogens is 1. The second kappa shape index (κ2) is 6.74. The Kier molecular flexibility index (Phi) is 5.60. The largest absolute Gasteiger partial charge is 1.00 e. The van der Waals surface area contributed by atoms with Crippen molar-refractivity contribution in [2.45, 2.75) is 5.50 Å². The van der Waals surface area contributed by atoms with E-state index in [1.165, 1.54) is 0 Å². The average Bonchev–Trinajstić information content (AvgIpc) is 2.39. The van der Waals surface area contributed by atoms with Gasteiger partial charge in [-0.15, -0.1) is 0 Å². The molecule has 1 atom stereocenters. The van der Waals surface area contributed by atoms with Crippen LogP contribution < -0.4 is 17.0 Å². The van der Waals surface area contributed by atoms with Gasteiger partial charge in [0.1, 0.15) is 0 Å². The third-order valence-corrected chi connectivity index (χ3v) is 3.11. The van der Waals surface area contributed by atoms with Gasteiger partial charge in [0, 0.05) is 17.7 Å². The lowest BCUT2D eigenvalue weighted by Gasteiger charge is -2.05. The molecule has 0 aliphatic carbocycles. The van der Waals surface area contributed by atoms with Crippen LogP contribution in [0.4, 0.5) is 0 Å². The summed E-state index contributed by atoms with van der Waals surface area (Å²) >= 11 is 12.1. The van der Waals surface area contributed by atoms with Crippen LogP contribution in [0.15, 0.2) is 54.9 Å². The molecule has 1 aromatic carbocycles. The van der Waals surface area contributed by atoms with Crippen molar-refractivity contribution in [2.75, 3.05) is 0 Å². The quantitative estimate of drug-likeness (QED) is 0.452. The van der Waals surface area contributed by atoms with E-state index in [1.54, 1.807) is 41.2 Å². The molecule has 94 valence electrons. The van der Waals surface area contributed by atoms with Crippen molar-refractivity contribution in [1.29, 1.82) is 0 Å². The van der Waals surface area contributed by atoms with Gasteiger partial charge in [-0.05, 0) is 23.7 Å². The van der Waals surface area contributed by atoms with E-state index in [0.717, 1.165) is 0 Å². The summed E-state index contributed by atoms with van der Waals surface area (Å²) in [7, 11) is 0. The highest BCUT2D eigenvalue weighted by atomic mass is 35.5. The Morgan fingerprint density at radius 1 is 1.06 bits per heavy atom. The highest BCUT2D eigenvalue weighted by Crippen LogP contribution is 2.20. The number of ketones is 1. The number of benzene rings is 1. The molecule has 2 rings (SSSR count). The number of hydrogen-bond acceptors (Lipinski definition) is 1. The summed E-state index contributed by atoms with van der Waals surface area (Å²) in [5, 5.41) is 0.416. The fourth-order valence-electron chi connectivity index (χ4n) is 1.49. The zero-order valence-corrected chi connectivity index (χ0v) is 11.5. The molecule has 1 heterocycles. The zero-order chi connectivity index (χ0) is 12.3. The molecule has 0 saturated heterocycles. The number of nitrogens with zero attached hydrogens (tertiary/aromatic N) is 1. The van der Waals surface area contributed by atoms with Crippen molar-refractivity contribution in [3.05, 3.63) is 65.4 Å². The molecular formula is C13H10Cl3NO.